The number of anilines is 2. The first-order valence-corrected chi connectivity index (χ1v) is 7.66. The first kappa shape index (κ1) is 16.1. The zero-order valence-electron chi connectivity index (χ0n) is 13.0. The van der Waals surface area contributed by atoms with Crippen LogP contribution in [0.1, 0.15) is 5.69 Å². The van der Waals surface area contributed by atoms with E-state index in [1.807, 2.05) is 4.90 Å². The first-order chi connectivity index (χ1) is 11.7. The molecule has 0 atom stereocenters. The molecule has 0 saturated carbocycles. The molecular formula is C16H18FN5O2. The quantitative estimate of drug-likeness (QED) is 0.893. The molecule has 3 rings (SSSR count). The highest BCUT2D eigenvalue weighted by molar-refractivity contribution is 5.89. The smallest absolute Gasteiger partial charge is 0.319 e. The highest BCUT2D eigenvalue weighted by atomic mass is 19.1. The molecule has 1 aliphatic rings. The molecule has 2 aromatic rings. The van der Waals surface area contributed by atoms with E-state index < -0.39 is 11.8 Å². The van der Waals surface area contributed by atoms with E-state index in [9.17, 15) is 9.18 Å². The summed E-state index contributed by atoms with van der Waals surface area (Å²) in [5.74, 6) is 0.224. The van der Waals surface area contributed by atoms with Gasteiger partial charge in [-0.3, -0.25) is 0 Å². The molecule has 0 aliphatic carbocycles. The van der Waals surface area contributed by atoms with E-state index in [2.05, 4.69) is 20.6 Å². The Hall–Kier alpha value is -2.74. The van der Waals surface area contributed by atoms with Gasteiger partial charge in [-0.25, -0.2) is 19.2 Å². The van der Waals surface area contributed by atoms with Gasteiger partial charge in [0, 0.05) is 25.0 Å². The zero-order chi connectivity index (χ0) is 16.8. The third-order valence-electron chi connectivity index (χ3n) is 3.51. The van der Waals surface area contributed by atoms with Crippen LogP contribution >= 0.6 is 0 Å². The van der Waals surface area contributed by atoms with Crippen LogP contribution in [-0.4, -0.2) is 42.3 Å². The van der Waals surface area contributed by atoms with Gasteiger partial charge in [-0.05, 0) is 24.3 Å². The molecular weight excluding hydrogens is 313 g/mol. The maximum absolute atomic E-state index is 13.1. The molecule has 8 heteroatoms. The Morgan fingerprint density at radius 1 is 1.29 bits per heavy atom. The van der Waals surface area contributed by atoms with Crippen LogP contribution < -0.4 is 15.5 Å². The number of amides is 2. The van der Waals surface area contributed by atoms with Crippen molar-refractivity contribution >= 4 is 17.7 Å². The van der Waals surface area contributed by atoms with Crippen LogP contribution in [0.15, 0.2) is 36.5 Å². The molecule has 0 unspecified atom stereocenters. The van der Waals surface area contributed by atoms with Gasteiger partial charge in [-0.2, -0.15) is 0 Å². The number of urea groups is 1. The molecule has 1 aromatic heterocycles. The predicted molar refractivity (Wildman–Crippen MR) is 87.3 cm³/mol. The Kier molecular flexibility index (Phi) is 5.17. The average molecular weight is 331 g/mol. The van der Waals surface area contributed by atoms with Gasteiger partial charge in [0.15, 0.2) is 0 Å². The van der Waals surface area contributed by atoms with Gasteiger partial charge in [0.25, 0.3) is 0 Å². The Bertz CT molecular complexity index is 706. The van der Waals surface area contributed by atoms with Crippen molar-refractivity contribution in [3.8, 4) is 0 Å². The summed E-state index contributed by atoms with van der Waals surface area (Å²) in [5, 5.41) is 5.26. The second-order valence-electron chi connectivity index (χ2n) is 5.27. The number of carbonyl (C=O) groups excluding carboxylic acids is 1. The third-order valence-corrected chi connectivity index (χ3v) is 3.51. The number of hydrogen-bond donors (Lipinski definition) is 2. The second kappa shape index (κ2) is 7.69. The van der Waals surface area contributed by atoms with E-state index in [1.165, 1.54) is 18.2 Å². The molecule has 1 saturated heterocycles. The summed E-state index contributed by atoms with van der Waals surface area (Å²) in [6.45, 7) is 3.05. The van der Waals surface area contributed by atoms with Gasteiger partial charge in [0.05, 0.1) is 25.5 Å². The number of ether oxygens (including phenoxy) is 1. The maximum Gasteiger partial charge on any atom is 0.319 e. The zero-order valence-corrected chi connectivity index (χ0v) is 13.0. The van der Waals surface area contributed by atoms with Crippen molar-refractivity contribution in [2.24, 2.45) is 0 Å². The third kappa shape index (κ3) is 4.39. The summed E-state index contributed by atoms with van der Waals surface area (Å²) in [5.41, 5.74) is 1.09. The fourth-order valence-electron chi connectivity index (χ4n) is 2.31. The largest absolute Gasteiger partial charge is 0.378 e. The van der Waals surface area contributed by atoms with Gasteiger partial charge >= 0.3 is 6.03 Å². The molecule has 2 heterocycles. The van der Waals surface area contributed by atoms with Crippen molar-refractivity contribution < 1.29 is 13.9 Å². The number of benzene rings is 1. The van der Waals surface area contributed by atoms with Crippen LogP contribution in [0.3, 0.4) is 0 Å². The van der Waals surface area contributed by atoms with E-state index in [4.69, 9.17) is 4.74 Å². The number of halogens is 1. The lowest BCUT2D eigenvalue weighted by molar-refractivity contribution is 0.122. The minimum atomic E-state index is -0.424. The number of morpholine rings is 1. The van der Waals surface area contributed by atoms with Crippen LogP contribution in [0.2, 0.25) is 0 Å². The van der Waals surface area contributed by atoms with Crippen LogP contribution in [0, 0.1) is 5.82 Å². The minimum absolute atomic E-state index is 0.251. The summed E-state index contributed by atoms with van der Waals surface area (Å²) in [6.07, 6.45) is 1.67. The van der Waals surface area contributed by atoms with E-state index in [0.717, 1.165) is 13.1 Å². The first-order valence-electron chi connectivity index (χ1n) is 7.66. The van der Waals surface area contributed by atoms with Gasteiger partial charge in [-0.15, -0.1) is 0 Å². The molecule has 7 nitrogen and oxygen atoms in total. The molecule has 0 bridgehead atoms. The number of carbonyl (C=O) groups is 1. The van der Waals surface area contributed by atoms with Crippen molar-refractivity contribution in [2.45, 2.75) is 6.54 Å². The lowest BCUT2D eigenvalue weighted by Crippen LogP contribution is -2.37. The molecule has 24 heavy (non-hydrogen) atoms. The topological polar surface area (TPSA) is 79.4 Å². The van der Waals surface area contributed by atoms with Gasteiger partial charge in [0.1, 0.15) is 5.82 Å². The summed E-state index contributed by atoms with van der Waals surface area (Å²) >= 11 is 0. The highest BCUT2D eigenvalue weighted by Crippen LogP contribution is 2.10. The summed E-state index contributed by atoms with van der Waals surface area (Å²) in [4.78, 5) is 22.6. The Labute approximate surface area is 138 Å². The number of nitrogens with one attached hydrogen (secondary N) is 2. The van der Waals surface area contributed by atoms with E-state index in [1.54, 1.807) is 18.3 Å². The van der Waals surface area contributed by atoms with Gasteiger partial charge < -0.3 is 20.3 Å². The molecule has 1 aliphatic heterocycles. The number of hydrogen-bond acceptors (Lipinski definition) is 5. The Morgan fingerprint density at radius 2 is 2.12 bits per heavy atom. The molecule has 2 N–H and O–H groups in total. The van der Waals surface area contributed by atoms with Crippen LogP contribution in [0.5, 0.6) is 0 Å². The van der Waals surface area contributed by atoms with Gasteiger partial charge in [0.2, 0.25) is 5.95 Å². The van der Waals surface area contributed by atoms with Crippen molar-refractivity contribution in [1.29, 1.82) is 0 Å². The van der Waals surface area contributed by atoms with Crippen LogP contribution in [0.4, 0.5) is 20.8 Å². The monoisotopic (exact) mass is 331 g/mol. The molecule has 2 amide bonds. The molecule has 1 aromatic carbocycles. The predicted octanol–water partition coefficient (Wildman–Crippen LogP) is 1.77. The standard InChI is InChI=1S/C16H18FN5O2/c17-12-2-1-3-13(10-12)21-16(23)19-11-14-4-5-18-15(20-14)22-6-8-24-9-7-22/h1-5,10H,6-9,11H2,(H2,19,21,23). The Morgan fingerprint density at radius 3 is 2.92 bits per heavy atom. The van der Waals surface area contributed by atoms with Crippen molar-refractivity contribution in [3.63, 3.8) is 0 Å². The van der Waals surface area contributed by atoms with E-state index in [0.29, 0.717) is 30.5 Å². The Balaban J connectivity index is 1.55. The minimum Gasteiger partial charge on any atom is -0.378 e. The van der Waals surface area contributed by atoms with E-state index >= 15 is 0 Å². The average Bonchev–Trinajstić information content (AvgIpc) is 2.61. The van der Waals surface area contributed by atoms with Gasteiger partial charge in [-0.1, -0.05) is 6.07 Å². The fourth-order valence-corrected chi connectivity index (χ4v) is 2.31. The van der Waals surface area contributed by atoms with Crippen molar-refractivity contribution in [1.82, 2.24) is 15.3 Å². The maximum atomic E-state index is 13.1. The number of aromatic nitrogens is 2. The van der Waals surface area contributed by atoms with E-state index in [-0.39, 0.29) is 6.54 Å². The fraction of sp³-hybridized carbons (Fsp3) is 0.312. The number of rotatable bonds is 4. The van der Waals surface area contributed by atoms with Crippen molar-refractivity contribution in [2.75, 3.05) is 36.5 Å². The lowest BCUT2D eigenvalue weighted by atomic mass is 10.3. The molecule has 1 fully saturated rings. The molecule has 126 valence electrons. The highest BCUT2D eigenvalue weighted by Gasteiger charge is 2.14. The lowest BCUT2D eigenvalue weighted by Gasteiger charge is -2.26. The SMILES string of the molecule is O=C(NCc1ccnc(N2CCOCC2)n1)Nc1cccc(F)c1. The van der Waals surface area contributed by atoms with Crippen molar-refractivity contribution in [3.05, 3.63) is 48.0 Å². The molecule has 0 spiro atoms. The normalized spacial score (nSPS) is 14.3. The molecule has 0 radical (unpaired) electrons. The summed E-state index contributed by atoms with van der Waals surface area (Å²) in [6, 6.07) is 7.03. The second-order valence-corrected chi connectivity index (χ2v) is 5.27. The number of nitrogens with zero attached hydrogens (tertiary/aromatic N) is 3. The van der Waals surface area contributed by atoms with Crippen LogP contribution in [0.25, 0.3) is 0 Å². The summed E-state index contributed by atoms with van der Waals surface area (Å²) in [7, 11) is 0. The summed E-state index contributed by atoms with van der Waals surface area (Å²) < 4.78 is 18.4. The van der Waals surface area contributed by atoms with Crippen LogP contribution in [-0.2, 0) is 11.3 Å².